The van der Waals surface area contributed by atoms with Crippen LogP contribution in [0, 0.1) is 5.92 Å². The number of hydrogen-bond donors (Lipinski definition) is 1. The fourth-order valence-corrected chi connectivity index (χ4v) is 1.87. The van der Waals surface area contributed by atoms with E-state index in [-0.39, 0.29) is 0 Å². The van der Waals surface area contributed by atoms with E-state index in [0.29, 0.717) is 12.3 Å². The maximum absolute atomic E-state index is 10.6. The van der Waals surface area contributed by atoms with Gasteiger partial charge in [0, 0.05) is 0 Å². The molecular formula is C9H17N2O. The minimum absolute atomic E-state index is 0.472. The van der Waals surface area contributed by atoms with E-state index in [1.54, 1.807) is 0 Å². The van der Waals surface area contributed by atoms with Crippen molar-refractivity contribution in [3.05, 3.63) is 0 Å². The Morgan fingerprint density at radius 2 is 2.00 bits per heavy atom. The van der Waals surface area contributed by atoms with Crippen LogP contribution >= 0.6 is 0 Å². The zero-order valence-corrected chi connectivity index (χ0v) is 7.38. The SMILES string of the molecule is [NH]C(CC1CCCCC1)C(N)=O. The zero-order valence-electron chi connectivity index (χ0n) is 7.38. The maximum Gasteiger partial charge on any atom is 0.235 e. The summed E-state index contributed by atoms with van der Waals surface area (Å²) >= 11 is 0. The Hall–Kier alpha value is -0.570. The van der Waals surface area contributed by atoms with Crippen molar-refractivity contribution in [2.45, 2.75) is 44.6 Å². The summed E-state index contributed by atoms with van der Waals surface area (Å²) in [4.78, 5) is 10.6. The number of primary amides is 1. The molecule has 1 radical (unpaired) electrons. The molecule has 0 spiro atoms. The summed E-state index contributed by atoms with van der Waals surface area (Å²) in [5, 5.41) is 0. The van der Waals surface area contributed by atoms with Gasteiger partial charge in [0.25, 0.3) is 0 Å². The van der Waals surface area contributed by atoms with Gasteiger partial charge in [-0.2, -0.15) is 0 Å². The van der Waals surface area contributed by atoms with E-state index in [1.165, 1.54) is 32.1 Å². The van der Waals surface area contributed by atoms with E-state index in [4.69, 9.17) is 11.5 Å². The lowest BCUT2D eigenvalue weighted by Gasteiger charge is -2.22. The van der Waals surface area contributed by atoms with E-state index < -0.39 is 11.9 Å². The molecule has 0 aromatic heterocycles. The third-order valence-corrected chi connectivity index (χ3v) is 2.64. The molecule has 1 unspecified atom stereocenters. The molecule has 12 heavy (non-hydrogen) atoms. The third kappa shape index (κ3) is 2.81. The quantitative estimate of drug-likeness (QED) is 0.675. The first kappa shape index (κ1) is 9.52. The molecule has 0 aromatic rings. The Kier molecular flexibility index (Phi) is 3.53. The zero-order chi connectivity index (χ0) is 8.97. The molecule has 0 heterocycles. The Morgan fingerprint density at radius 1 is 1.42 bits per heavy atom. The summed E-state index contributed by atoms with van der Waals surface area (Å²) in [5.74, 6) is 0.106. The first-order chi connectivity index (χ1) is 5.70. The monoisotopic (exact) mass is 169 g/mol. The van der Waals surface area contributed by atoms with Crippen molar-refractivity contribution >= 4 is 5.91 Å². The molecule has 1 rings (SSSR count). The minimum atomic E-state index is -0.673. The lowest BCUT2D eigenvalue weighted by atomic mass is 9.85. The molecule has 3 N–H and O–H groups in total. The van der Waals surface area contributed by atoms with Crippen LogP contribution in [0.1, 0.15) is 38.5 Å². The molecule has 0 saturated heterocycles. The fourth-order valence-electron chi connectivity index (χ4n) is 1.87. The van der Waals surface area contributed by atoms with E-state index in [2.05, 4.69) is 0 Å². The van der Waals surface area contributed by atoms with Crippen LogP contribution in [-0.2, 0) is 4.79 Å². The molecule has 1 saturated carbocycles. The van der Waals surface area contributed by atoms with Crippen LogP contribution in [0.15, 0.2) is 0 Å². The van der Waals surface area contributed by atoms with Gasteiger partial charge >= 0.3 is 0 Å². The molecule has 1 aliphatic carbocycles. The van der Waals surface area contributed by atoms with Gasteiger partial charge in [-0.1, -0.05) is 32.1 Å². The summed E-state index contributed by atoms with van der Waals surface area (Å²) in [5.41, 5.74) is 12.4. The van der Waals surface area contributed by atoms with Gasteiger partial charge in [0.15, 0.2) is 0 Å². The lowest BCUT2D eigenvalue weighted by molar-refractivity contribution is -0.119. The Morgan fingerprint density at radius 3 is 2.50 bits per heavy atom. The van der Waals surface area contributed by atoms with Crippen molar-refractivity contribution in [2.75, 3.05) is 0 Å². The molecule has 1 amide bonds. The maximum atomic E-state index is 10.6. The highest BCUT2D eigenvalue weighted by molar-refractivity contribution is 5.79. The number of amides is 1. The normalized spacial score (nSPS) is 22.1. The van der Waals surface area contributed by atoms with Gasteiger partial charge in [-0.05, 0) is 12.3 Å². The van der Waals surface area contributed by atoms with Crippen LogP contribution in [0.25, 0.3) is 0 Å². The van der Waals surface area contributed by atoms with Crippen LogP contribution < -0.4 is 11.5 Å². The van der Waals surface area contributed by atoms with Gasteiger partial charge < -0.3 is 5.73 Å². The molecule has 1 aliphatic rings. The van der Waals surface area contributed by atoms with Gasteiger partial charge in [0.05, 0.1) is 6.04 Å². The first-order valence-corrected chi connectivity index (χ1v) is 4.70. The van der Waals surface area contributed by atoms with Crippen molar-refractivity contribution in [3.63, 3.8) is 0 Å². The smallest absolute Gasteiger partial charge is 0.235 e. The summed E-state index contributed by atoms with van der Waals surface area (Å²) in [6.45, 7) is 0. The van der Waals surface area contributed by atoms with Crippen molar-refractivity contribution in [1.29, 1.82) is 0 Å². The number of rotatable bonds is 3. The molecule has 3 nitrogen and oxygen atoms in total. The highest BCUT2D eigenvalue weighted by Gasteiger charge is 2.19. The Balaban J connectivity index is 2.24. The molecule has 1 fully saturated rings. The van der Waals surface area contributed by atoms with Gasteiger partial charge in [0.1, 0.15) is 0 Å². The van der Waals surface area contributed by atoms with E-state index in [9.17, 15) is 4.79 Å². The second-order valence-corrected chi connectivity index (χ2v) is 3.69. The molecular weight excluding hydrogens is 152 g/mol. The van der Waals surface area contributed by atoms with Crippen LogP contribution in [-0.4, -0.2) is 11.9 Å². The van der Waals surface area contributed by atoms with Crippen LogP contribution in [0.5, 0.6) is 0 Å². The molecule has 69 valence electrons. The number of hydrogen-bond acceptors (Lipinski definition) is 1. The van der Waals surface area contributed by atoms with E-state index in [1.807, 2.05) is 0 Å². The Labute approximate surface area is 73.5 Å². The van der Waals surface area contributed by atoms with Crippen LogP contribution in [0.4, 0.5) is 0 Å². The van der Waals surface area contributed by atoms with Crippen LogP contribution in [0.2, 0.25) is 0 Å². The number of nitrogens with two attached hydrogens (primary N) is 1. The summed E-state index contributed by atoms with van der Waals surface area (Å²) in [6, 6.07) is -0.673. The number of carbonyl (C=O) groups is 1. The average molecular weight is 169 g/mol. The van der Waals surface area contributed by atoms with Crippen molar-refractivity contribution in [2.24, 2.45) is 11.7 Å². The average Bonchev–Trinajstić information content (AvgIpc) is 2.06. The highest BCUT2D eigenvalue weighted by atomic mass is 16.1. The predicted octanol–water partition coefficient (Wildman–Crippen LogP) is 1.09. The number of carbonyl (C=O) groups excluding carboxylic acids is 1. The van der Waals surface area contributed by atoms with Gasteiger partial charge in [-0.15, -0.1) is 0 Å². The summed E-state index contributed by atoms with van der Waals surface area (Å²) < 4.78 is 0. The summed E-state index contributed by atoms with van der Waals surface area (Å²) in [6.07, 6.45) is 6.88. The highest BCUT2D eigenvalue weighted by Crippen LogP contribution is 2.26. The van der Waals surface area contributed by atoms with E-state index in [0.717, 1.165) is 0 Å². The molecule has 3 heteroatoms. The molecule has 0 bridgehead atoms. The van der Waals surface area contributed by atoms with Gasteiger partial charge in [-0.25, -0.2) is 5.73 Å². The van der Waals surface area contributed by atoms with Crippen LogP contribution in [0.3, 0.4) is 0 Å². The lowest BCUT2D eigenvalue weighted by Crippen LogP contribution is -2.32. The second-order valence-electron chi connectivity index (χ2n) is 3.69. The first-order valence-electron chi connectivity index (χ1n) is 4.70. The summed E-state index contributed by atoms with van der Waals surface area (Å²) in [7, 11) is 0. The number of nitrogens with one attached hydrogen (secondary N) is 1. The van der Waals surface area contributed by atoms with E-state index >= 15 is 0 Å². The van der Waals surface area contributed by atoms with Gasteiger partial charge in [-0.3, -0.25) is 4.79 Å². The molecule has 1 atom stereocenters. The third-order valence-electron chi connectivity index (χ3n) is 2.64. The fraction of sp³-hybridized carbons (Fsp3) is 0.889. The molecule has 0 aromatic carbocycles. The largest absolute Gasteiger partial charge is 0.368 e. The minimum Gasteiger partial charge on any atom is -0.368 e. The predicted molar refractivity (Wildman–Crippen MR) is 47.3 cm³/mol. The topological polar surface area (TPSA) is 66.9 Å². The van der Waals surface area contributed by atoms with Crippen molar-refractivity contribution in [1.82, 2.24) is 5.73 Å². The molecule has 0 aliphatic heterocycles. The Bertz CT molecular complexity index is 153. The van der Waals surface area contributed by atoms with Crippen molar-refractivity contribution < 1.29 is 4.79 Å². The second kappa shape index (κ2) is 4.45. The van der Waals surface area contributed by atoms with Crippen molar-refractivity contribution in [3.8, 4) is 0 Å². The standard InChI is InChI=1S/C9H17N2O/c10-8(9(11)12)6-7-4-2-1-3-5-7/h7-8,10H,1-6H2,(H2,11,12). The van der Waals surface area contributed by atoms with Gasteiger partial charge in [0.2, 0.25) is 5.91 Å².